The second kappa shape index (κ2) is 11.4. The van der Waals surface area contributed by atoms with E-state index in [4.69, 9.17) is 18.6 Å². The van der Waals surface area contributed by atoms with Gasteiger partial charge >= 0.3 is 18.0 Å². The molecule has 1 aromatic heterocycles. The van der Waals surface area contributed by atoms with E-state index < -0.39 is 30.6 Å². The molecule has 0 spiro atoms. The van der Waals surface area contributed by atoms with E-state index in [1.807, 2.05) is 13.0 Å². The van der Waals surface area contributed by atoms with Crippen molar-refractivity contribution in [1.82, 2.24) is 10.6 Å². The topological polar surface area (TPSA) is 133 Å². The van der Waals surface area contributed by atoms with Crippen LogP contribution in [0.2, 0.25) is 0 Å². The van der Waals surface area contributed by atoms with E-state index in [1.54, 1.807) is 38.1 Å². The number of carbonyl (C=O) groups is 4. The number of benzene rings is 1. The average molecular weight is 485 g/mol. The van der Waals surface area contributed by atoms with Gasteiger partial charge in [0.1, 0.15) is 29.9 Å². The predicted molar refractivity (Wildman–Crippen MR) is 124 cm³/mol. The molecule has 0 fully saturated rings. The highest BCUT2D eigenvalue weighted by atomic mass is 16.5. The molecule has 2 heterocycles. The first-order valence-corrected chi connectivity index (χ1v) is 11.1. The second-order valence-electron chi connectivity index (χ2n) is 7.88. The number of ketones is 1. The highest BCUT2D eigenvalue weighted by Gasteiger charge is 2.36. The van der Waals surface area contributed by atoms with Gasteiger partial charge < -0.3 is 29.3 Å². The Morgan fingerprint density at radius 2 is 1.83 bits per heavy atom. The normalized spacial score (nSPS) is 15.2. The third-order valence-corrected chi connectivity index (χ3v) is 5.28. The quantitative estimate of drug-likeness (QED) is 0.388. The van der Waals surface area contributed by atoms with Crippen LogP contribution in [0, 0.1) is 13.8 Å². The molecule has 0 saturated heterocycles. The number of furan rings is 1. The molecule has 1 aromatic carbocycles. The maximum absolute atomic E-state index is 12.7. The summed E-state index contributed by atoms with van der Waals surface area (Å²) in [7, 11) is 1.47. The fraction of sp³-hybridized carbons (Fsp3) is 0.360. The fourth-order valence-electron chi connectivity index (χ4n) is 3.62. The van der Waals surface area contributed by atoms with Gasteiger partial charge in [-0.25, -0.2) is 9.59 Å². The number of ether oxygens (including phenoxy) is 3. The van der Waals surface area contributed by atoms with Gasteiger partial charge in [0.25, 0.3) is 0 Å². The van der Waals surface area contributed by atoms with Crippen LogP contribution in [-0.2, 0) is 19.1 Å². The summed E-state index contributed by atoms with van der Waals surface area (Å²) in [6.45, 7) is 4.95. The molecule has 2 aromatic rings. The fourth-order valence-corrected chi connectivity index (χ4v) is 3.62. The molecular formula is C25H28N2O8. The van der Waals surface area contributed by atoms with Gasteiger partial charge in [-0.1, -0.05) is 11.6 Å². The van der Waals surface area contributed by atoms with Crippen molar-refractivity contribution in [1.29, 1.82) is 0 Å². The first-order valence-electron chi connectivity index (χ1n) is 11.1. The van der Waals surface area contributed by atoms with E-state index in [0.717, 1.165) is 5.56 Å². The predicted octanol–water partition coefficient (Wildman–Crippen LogP) is 3.28. The summed E-state index contributed by atoms with van der Waals surface area (Å²) in [5.41, 5.74) is 1.41. The Labute approximate surface area is 202 Å². The molecule has 1 unspecified atom stereocenters. The minimum absolute atomic E-state index is 0.0640. The van der Waals surface area contributed by atoms with Gasteiger partial charge in [0.15, 0.2) is 5.78 Å². The summed E-state index contributed by atoms with van der Waals surface area (Å²) in [6, 6.07) is 7.05. The highest BCUT2D eigenvalue weighted by Crippen LogP contribution is 2.29. The Kier molecular flexibility index (Phi) is 8.30. The Balaban J connectivity index is 1.72. The maximum Gasteiger partial charge on any atom is 0.338 e. The molecule has 0 radical (unpaired) electrons. The van der Waals surface area contributed by atoms with Gasteiger partial charge in [0.2, 0.25) is 0 Å². The molecule has 2 amide bonds. The van der Waals surface area contributed by atoms with Crippen LogP contribution < -0.4 is 15.4 Å². The molecule has 3 rings (SSSR count). The first-order chi connectivity index (χ1) is 16.7. The minimum Gasteiger partial charge on any atom is -0.496 e. The van der Waals surface area contributed by atoms with Crippen LogP contribution in [0.5, 0.6) is 5.75 Å². The van der Waals surface area contributed by atoms with E-state index in [-0.39, 0.29) is 36.5 Å². The number of methoxy groups -OCH3 is 1. The largest absolute Gasteiger partial charge is 0.496 e. The lowest BCUT2D eigenvalue weighted by molar-refractivity contribution is -0.143. The molecular weight excluding hydrogens is 456 g/mol. The first kappa shape index (κ1) is 25.5. The molecule has 2 N–H and O–H groups in total. The number of hydrogen-bond acceptors (Lipinski definition) is 8. The molecule has 1 aliphatic heterocycles. The zero-order valence-corrected chi connectivity index (χ0v) is 20.1. The van der Waals surface area contributed by atoms with Crippen LogP contribution in [0.15, 0.2) is 46.0 Å². The Hall–Kier alpha value is -4.08. The molecule has 1 atom stereocenters. The second-order valence-corrected chi connectivity index (χ2v) is 7.88. The van der Waals surface area contributed by atoms with Gasteiger partial charge in [0, 0.05) is 6.42 Å². The molecule has 0 saturated carbocycles. The van der Waals surface area contributed by atoms with Crippen LogP contribution in [0.25, 0.3) is 0 Å². The monoisotopic (exact) mass is 484 g/mol. The molecule has 0 aliphatic carbocycles. The SMILES string of the molecule is CCOC(=O)C1=C(COC(=O)CCC(=O)c2cc(C)ccc2OC)NC(=O)NC1c1ccc(C)o1. The van der Waals surface area contributed by atoms with E-state index >= 15 is 0 Å². The lowest BCUT2D eigenvalue weighted by Crippen LogP contribution is -2.47. The van der Waals surface area contributed by atoms with Gasteiger partial charge in [-0.3, -0.25) is 9.59 Å². The number of hydrogen-bond donors (Lipinski definition) is 2. The van der Waals surface area contributed by atoms with Crippen molar-refractivity contribution >= 4 is 23.8 Å². The van der Waals surface area contributed by atoms with Crippen molar-refractivity contribution in [2.24, 2.45) is 0 Å². The Morgan fingerprint density at radius 1 is 1.06 bits per heavy atom. The van der Waals surface area contributed by atoms with Crippen molar-refractivity contribution in [3.05, 3.63) is 64.2 Å². The van der Waals surface area contributed by atoms with Crippen LogP contribution >= 0.6 is 0 Å². The summed E-state index contributed by atoms with van der Waals surface area (Å²) in [6.07, 6.45) is -0.282. The minimum atomic E-state index is -0.916. The number of amides is 2. The van der Waals surface area contributed by atoms with Crippen molar-refractivity contribution < 1.29 is 37.8 Å². The number of carbonyl (C=O) groups excluding carboxylic acids is 4. The summed E-state index contributed by atoms with van der Waals surface area (Å²) in [4.78, 5) is 49.9. The number of aryl methyl sites for hydroxylation is 2. The van der Waals surface area contributed by atoms with Crippen LogP contribution in [-0.4, -0.2) is 44.1 Å². The molecule has 10 heteroatoms. The molecule has 35 heavy (non-hydrogen) atoms. The van der Waals surface area contributed by atoms with Crippen molar-refractivity contribution in [3.8, 4) is 5.75 Å². The number of Topliss-reactive ketones (excluding diaryl/α,β-unsaturated/α-hetero) is 1. The third kappa shape index (κ3) is 6.28. The summed E-state index contributed by atoms with van der Waals surface area (Å²) < 4.78 is 21.3. The summed E-state index contributed by atoms with van der Waals surface area (Å²) in [5.74, 6) is -0.265. The Bertz CT molecular complexity index is 1160. The van der Waals surface area contributed by atoms with Crippen LogP contribution in [0.3, 0.4) is 0 Å². The van der Waals surface area contributed by atoms with Crippen molar-refractivity contribution in [2.45, 2.75) is 39.7 Å². The Morgan fingerprint density at radius 3 is 2.49 bits per heavy atom. The van der Waals surface area contributed by atoms with E-state index in [1.165, 1.54) is 7.11 Å². The van der Waals surface area contributed by atoms with Gasteiger partial charge in [-0.05, 0) is 45.0 Å². The van der Waals surface area contributed by atoms with Gasteiger partial charge in [0.05, 0.1) is 37.0 Å². The standard InChI is InChI=1S/C25H28N2O8/c1-5-33-24(30)22-17(26-25(31)27-23(22)20-10-7-15(3)35-20)13-34-21(29)11-8-18(28)16-12-14(2)6-9-19(16)32-4/h6-7,9-10,12,23H,5,8,11,13H2,1-4H3,(H2,26,27,31). The average Bonchev–Trinajstić information content (AvgIpc) is 3.27. The summed E-state index contributed by atoms with van der Waals surface area (Å²) in [5, 5.41) is 5.13. The maximum atomic E-state index is 12.7. The summed E-state index contributed by atoms with van der Waals surface area (Å²) >= 11 is 0. The smallest absolute Gasteiger partial charge is 0.338 e. The van der Waals surface area contributed by atoms with Gasteiger partial charge in [-0.2, -0.15) is 0 Å². The van der Waals surface area contributed by atoms with Crippen LogP contribution in [0.1, 0.15) is 53.2 Å². The molecule has 186 valence electrons. The van der Waals surface area contributed by atoms with Crippen molar-refractivity contribution in [2.75, 3.05) is 20.3 Å². The number of nitrogens with one attached hydrogen (secondary N) is 2. The van der Waals surface area contributed by atoms with E-state index in [2.05, 4.69) is 10.6 Å². The number of esters is 2. The molecule has 10 nitrogen and oxygen atoms in total. The lowest BCUT2D eigenvalue weighted by atomic mass is 10.0. The molecule has 1 aliphatic rings. The third-order valence-electron chi connectivity index (χ3n) is 5.28. The zero-order chi connectivity index (χ0) is 25.5. The van der Waals surface area contributed by atoms with E-state index in [0.29, 0.717) is 22.8 Å². The van der Waals surface area contributed by atoms with Crippen LogP contribution in [0.4, 0.5) is 4.79 Å². The zero-order valence-electron chi connectivity index (χ0n) is 20.1. The van der Waals surface area contributed by atoms with E-state index in [9.17, 15) is 19.2 Å². The highest BCUT2D eigenvalue weighted by molar-refractivity contribution is 6.00. The molecule has 0 bridgehead atoms. The lowest BCUT2D eigenvalue weighted by Gasteiger charge is -2.27. The van der Waals surface area contributed by atoms with Gasteiger partial charge in [-0.15, -0.1) is 0 Å². The van der Waals surface area contributed by atoms with Crippen molar-refractivity contribution in [3.63, 3.8) is 0 Å². The number of urea groups is 1. The number of rotatable bonds is 10.